The zero-order chi connectivity index (χ0) is 22.0. The van der Waals surface area contributed by atoms with Gasteiger partial charge in [0.2, 0.25) is 10.0 Å². The molecular formula is C24H30N2O4S. The average Bonchev–Trinajstić information content (AvgIpc) is 3.09. The Morgan fingerprint density at radius 1 is 1.00 bits per heavy atom. The number of carbonyl (C=O) groups excluding carboxylic acids is 1. The van der Waals surface area contributed by atoms with Crippen molar-refractivity contribution in [3.8, 4) is 5.75 Å². The maximum atomic E-state index is 13.5. The summed E-state index contributed by atoms with van der Waals surface area (Å²) in [5, 5.41) is 0. The summed E-state index contributed by atoms with van der Waals surface area (Å²) in [5.74, 6) is 0.470. The summed E-state index contributed by atoms with van der Waals surface area (Å²) in [4.78, 5) is 15.3. The first-order valence-electron chi connectivity index (χ1n) is 11.0. The maximum Gasteiger partial charge on any atom is 0.258 e. The second-order valence-electron chi connectivity index (χ2n) is 8.39. The molecule has 7 heteroatoms. The third-order valence-corrected chi connectivity index (χ3v) is 8.30. The molecule has 31 heavy (non-hydrogen) atoms. The average molecular weight is 443 g/mol. The predicted octanol–water partition coefficient (Wildman–Crippen LogP) is 4.41. The largest absolute Gasteiger partial charge is 0.495 e. The number of sulfonamides is 1. The van der Waals surface area contributed by atoms with Crippen LogP contribution in [0, 0.1) is 0 Å². The number of para-hydroxylation sites is 1. The van der Waals surface area contributed by atoms with E-state index < -0.39 is 10.0 Å². The van der Waals surface area contributed by atoms with Crippen molar-refractivity contribution in [3.63, 3.8) is 0 Å². The SMILES string of the molecule is COc1ccc(C(=O)N2CCC(C)c3ccccc32)cc1S(=O)(=O)N1CCCCCC1. The Balaban J connectivity index is 1.71. The van der Waals surface area contributed by atoms with Crippen LogP contribution >= 0.6 is 0 Å². The van der Waals surface area contributed by atoms with Crippen molar-refractivity contribution < 1.29 is 17.9 Å². The standard InChI is InChI=1S/C24H30N2O4S/c1-18-13-16-26(21-10-6-5-9-20(18)21)24(27)19-11-12-22(30-2)23(17-19)31(28,29)25-14-7-3-4-8-15-25/h5-6,9-12,17-18H,3-4,7-8,13-16H2,1-2H3. The molecule has 1 unspecified atom stereocenters. The number of carbonyl (C=O) groups is 1. The van der Waals surface area contributed by atoms with E-state index in [-0.39, 0.29) is 16.6 Å². The molecule has 2 aliphatic rings. The van der Waals surface area contributed by atoms with Crippen LogP contribution in [0.15, 0.2) is 47.4 Å². The van der Waals surface area contributed by atoms with E-state index in [9.17, 15) is 13.2 Å². The molecule has 0 N–H and O–H groups in total. The molecule has 0 saturated carbocycles. The second-order valence-corrected chi connectivity index (χ2v) is 10.3. The highest BCUT2D eigenvalue weighted by atomic mass is 32.2. The lowest BCUT2D eigenvalue weighted by molar-refractivity contribution is 0.0984. The molecule has 0 radical (unpaired) electrons. The lowest BCUT2D eigenvalue weighted by Gasteiger charge is -2.33. The molecule has 0 aliphatic carbocycles. The van der Waals surface area contributed by atoms with E-state index >= 15 is 0 Å². The fourth-order valence-electron chi connectivity index (χ4n) is 4.55. The van der Waals surface area contributed by atoms with Gasteiger partial charge in [0.25, 0.3) is 5.91 Å². The summed E-state index contributed by atoms with van der Waals surface area (Å²) < 4.78 is 33.8. The van der Waals surface area contributed by atoms with Gasteiger partial charge < -0.3 is 9.64 Å². The summed E-state index contributed by atoms with van der Waals surface area (Å²) in [6, 6.07) is 12.7. The molecule has 1 atom stereocenters. The van der Waals surface area contributed by atoms with Crippen molar-refractivity contribution in [2.24, 2.45) is 0 Å². The smallest absolute Gasteiger partial charge is 0.258 e. The van der Waals surface area contributed by atoms with Crippen LogP contribution in [0.25, 0.3) is 0 Å². The van der Waals surface area contributed by atoms with Gasteiger partial charge in [0.1, 0.15) is 10.6 Å². The van der Waals surface area contributed by atoms with Crippen LogP contribution in [0.2, 0.25) is 0 Å². The molecule has 4 rings (SSSR count). The topological polar surface area (TPSA) is 66.9 Å². The number of hydrogen-bond acceptors (Lipinski definition) is 4. The van der Waals surface area contributed by atoms with Crippen LogP contribution in [-0.4, -0.2) is 45.4 Å². The van der Waals surface area contributed by atoms with Gasteiger partial charge in [0, 0.05) is 30.9 Å². The Labute approximate surface area is 184 Å². The van der Waals surface area contributed by atoms with Gasteiger partial charge in [-0.15, -0.1) is 0 Å². The van der Waals surface area contributed by atoms with Crippen LogP contribution in [0.3, 0.4) is 0 Å². The highest BCUT2D eigenvalue weighted by Gasteiger charge is 2.31. The molecule has 1 saturated heterocycles. The third-order valence-electron chi connectivity index (χ3n) is 6.38. The molecule has 0 spiro atoms. The fourth-order valence-corrected chi connectivity index (χ4v) is 6.25. The van der Waals surface area contributed by atoms with Crippen molar-refractivity contribution in [1.82, 2.24) is 4.31 Å². The molecule has 2 aliphatic heterocycles. The Bertz CT molecular complexity index is 1060. The highest BCUT2D eigenvalue weighted by Crippen LogP contribution is 2.36. The number of methoxy groups -OCH3 is 1. The number of rotatable bonds is 4. The Hall–Kier alpha value is -2.38. The number of ether oxygens (including phenoxy) is 1. The molecule has 0 aromatic heterocycles. The van der Waals surface area contributed by atoms with Gasteiger partial charge in [-0.05, 0) is 55.0 Å². The molecule has 1 amide bonds. The monoisotopic (exact) mass is 442 g/mol. The van der Waals surface area contributed by atoms with E-state index in [2.05, 4.69) is 13.0 Å². The minimum atomic E-state index is -3.75. The van der Waals surface area contributed by atoms with Gasteiger partial charge in [0.15, 0.2) is 0 Å². The Morgan fingerprint density at radius 2 is 1.71 bits per heavy atom. The summed E-state index contributed by atoms with van der Waals surface area (Å²) in [5.41, 5.74) is 2.41. The van der Waals surface area contributed by atoms with Crippen LogP contribution in [0.1, 0.15) is 60.9 Å². The van der Waals surface area contributed by atoms with Crippen molar-refractivity contribution in [2.45, 2.75) is 49.8 Å². The normalized spacial score (nSPS) is 20.1. The number of fused-ring (bicyclic) bond motifs is 1. The zero-order valence-electron chi connectivity index (χ0n) is 18.2. The molecule has 1 fully saturated rings. The van der Waals surface area contributed by atoms with Gasteiger partial charge in [-0.3, -0.25) is 4.79 Å². The van der Waals surface area contributed by atoms with E-state index in [1.54, 1.807) is 17.0 Å². The highest BCUT2D eigenvalue weighted by molar-refractivity contribution is 7.89. The molecule has 2 aromatic carbocycles. The van der Waals surface area contributed by atoms with Gasteiger partial charge in [-0.25, -0.2) is 8.42 Å². The first-order valence-corrected chi connectivity index (χ1v) is 12.5. The van der Waals surface area contributed by atoms with E-state index in [0.717, 1.165) is 43.4 Å². The Morgan fingerprint density at radius 3 is 2.42 bits per heavy atom. The van der Waals surface area contributed by atoms with E-state index in [1.807, 2.05) is 18.2 Å². The van der Waals surface area contributed by atoms with Crippen molar-refractivity contribution in [2.75, 3.05) is 31.6 Å². The summed E-state index contributed by atoms with van der Waals surface area (Å²) in [6.07, 6.45) is 4.65. The lowest BCUT2D eigenvalue weighted by atomic mass is 9.91. The van der Waals surface area contributed by atoms with Crippen molar-refractivity contribution >= 4 is 21.6 Å². The first kappa shape index (κ1) is 21.8. The van der Waals surface area contributed by atoms with Crippen molar-refractivity contribution in [3.05, 3.63) is 53.6 Å². The molecule has 2 heterocycles. The zero-order valence-corrected chi connectivity index (χ0v) is 19.0. The molecule has 0 bridgehead atoms. The van der Waals surface area contributed by atoms with E-state index in [4.69, 9.17) is 4.74 Å². The minimum absolute atomic E-state index is 0.0708. The number of amides is 1. The van der Waals surface area contributed by atoms with Gasteiger partial charge in [-0.1, -0.05) is 38.0 Å². The molecule has 6 nitrogen and oxygen atoms in total. The lowest BCUT2D eigenvalue weighted by Crippen LogP contribution is -2.36. The predicted molar refractivity (Wildman–Crippen MR) is 121 cm³/mol. The van der Waals surface area contributed by atoms with Crippen molar-refractivity contribution in [1.29, 1.82) is 0 Å². The Kier molecular flexibility index (Phi) is 6.34. The maximum absolute atomic E-state index is 13.5. The summed E-state index contributed by atoms with van der Waals surface area (Å²) in [6.45, 7) is 3.78. The minimum Gasteiger partial charge on any atom is -0.495 e. The van der Waals surface area contributed by atoms with E-state index in [1.165, 1.54) is 17.5 Å². The van der Waals surface area contributed by atoms with Crippen LogP contribution in [0.5, 0.6) is 5.75 Å². The van der Waals surface area contributed by atoms with Gasteiger partial charge >= 0.3 is 0 Å². The number of hydrogen-bond donors (Lipinski definition) is 0. The summed E-state index contributed by atoms with van der Waals surface area (Å²) in [7, 11) is -2.29. The summed E-state index contributed by atoms with van der Waals surface area (Å²) >= 11 is 0. The molecular weight excluding hydrogens is 412 g/mol. The molecule has 166 valence electrons. The fraction of sp³-hybridized carbons (Fsp3) is 0.458. The van der Waals surface area contributed by atoms with Crippen LogP contribution in [0.4, 0.5) is 5.69 Å². The first-order chi connectivity index (χ1) is 14.9. The second kappa shape index (κ2) is 9.01. The quantitative estimate of drug-likeness (QED) is 0.703. The van der Waals surface area contributed by atoms with Gasteiger partial charge in [-0.2, -0.15) is 4.31 Å². The van der Waals surface area contributed by atoms with E-state index in [0.29, 0.717) is 31.1 Å². The molecule has 2 aromatic rings. The number of anilines is 1. The third kappa shape index (κ3) is 4.21. The number of nitrogens with zero attached hydrogens (tertiary/aromatic N) is 2. The number of benzene rings is 2. The van der Waals surface area contributed by atoms with Gasteiger partial charge in [0.05, 0.1) is 7.11 Å². The van der Waals surface area contributed by atoms with Crippen LogP contribution < -0.4 is 9.64 Å². The van der Waals surface area contributed by atoms with Crippen LogP contribution in [-0.2, 0) is 10.0 Å².